The van der Waals surface area contributed by atoms with Crippen LogP contribution in [0.2, 0.25) is 0 Å². The zero-order valence-electron chi connectivity index (χ0n) is 9.68. The number of amides is 1. The fourth-order valence-electron chi connectivity index (χ4n) is 1.07. The highest BCUT2D eigenvalue weighted by Crippen LogP contribution is 2.11. The Morgan fingerprint density at radius 2 is 1.86 bits per heavy atom. The summed E-state index contributed by atoms with van der Waals surface area (Å²) in [5.74, 6) is 0. The molecular weight excluding hydrogens is 182 g/mol. The number of aliphatic hydroxyl groups is 1. The minimum absolute atomic E-state index is 0.506. The molecule has 0 aromatic carbocycles. The van der Waals surface area contributed by atoms with Gasteiger partial charge in [0.15, 0.2) is 0 Å². The number of nitrogens with one attached hydrogen (secondary N) is 1. The number of carbonyl (C=O) groups excluding carboxylic acids is 1. The van der Waals surface area contributed by atoms with Gasteiger partial charge in [-0.15, -0.1) is 0 Å². The van der Waals surface area contributed by atoms with E-state index in [-0.39, 0.29) is 0 Å². The molecule has 0 saturated carbocycles. The van der Waals surface area contributed by atoms with E-state index in [4.69, 9.17) is 4.74 Å². The first-order valence-electron chi connectivity index (χ1n) is 4.90. The van der Waals surface area contributed by atoms with E-state index >= 15 is 0 Å². The van der Waals surface area contributed by atoms with Crippen LogP contribution in [0.4, 0.5) is 4.79 Å². The number of hydrogen-bond donors (Lipinski definition) is 2. The topological polar surface area (TPSA) is 58.6 Å². The molecular formula is C10H21NO3. The fraction of sp³-hybridized carbons (Fsp3) is 0.900. The van der Waals surface area contributed by atoms with Gasteiger partial charge in [0.05, 0.1) is 0 Å². The van der Waals surface area contributed by atoms with Crippen molar-refractivity contribution in [1.29, 1.82) is 0 Å². The summed E-state index contributed by atoms with van der Waals surface area (Å²) in [6.45, 7) is 8.83. The largest absolute Gasteiger partial charge is 0.444 e. The third-order valence-corrected chi connectivity index (χ3v) is 1.51. The Kier molecular flexibility index (Phi) is 4.39. The molecule has 0 aliphatic carbocycles. The van der Waals surface area contributed by atoms with E-state index in [2.05, 4.69) is 5.32 Å². The lowest BCUT2D eigenvalue weighted by Crippen LogP contribution is -2.47. The van der Waals surface area contributed by atoms with Gasteiger partial charge in [-0.3, -0.25) is 5.32 Å². The third-order valence-electron chi connectivity index (χ3n) is 1.51. The monoisotopic (exact) mass is 203 g/mol. The van der Waals surface area contributed by atoms with E-state index in [1.54, 1.807) is 27.7 Å². The van der Waals surface area contributed by atoms with E-state index in [9.17, 15) is 9.90 Å². The minimum Gasteiger partial charge on any atom is -0.444 e. The Morgan fingerprint density at radius 3 is 2.21 bits per heavy atom. The molecule has 0 heterocycles. The van der Waals surface area contributed by atoms with Crippen LogP contribution >= 0.6 is 0 Å². The Morgan fingerprint density at radius 1 is 1.36 bits per heavy atom. The summed E-state index contributed by atoms with van der Waals surface area (Å²) in [6, 6.07) is 0. The highest BCUT2D eigenvalue weighted by atomic mass is 16.6. The van der Waals surface area contributed by atoms with Crippen LogP contribution < -0.4 is 5.32 Å². The molecule has 84 valence electrons. The van der Waals surface area contributed by atoms with E-state index in [1.807, 2.05) is 6.92 Å². The van der Waals surface area contributed by atoms with Crippen LogP contribution in [-0.4, -0.2) is 22.5 Å². The molecule has 4 nitrogen and oxygen atoms in total. The maximum absolute atomic E-state index is 11.3. The molecule has 0 aromatic rings. The van der Waals surface area contributed by atoms with E-state index in [0.29, 0.717) is 6.42 Å². The van der Waals surface area contributed by atoms with Crippen molar-refractivity contribution in [2.75, 3.05) is 0 Å². The van der Waals surface area contributed by atoms with Crippen molar-refractivity contribution in [2.24, 2.45) is 0 Å². The normalized spacial score (nSPS) is 15.9. The van der Waals surface area contributed by atoms with Crippen LogP contribution in [0.15, 0.2) is 0 Å². The second-order valence-corrected chi connectivity index (χ2v) is 4.65. The smallest absolute Gasteiger partial charge is 0.409 e. The van der Waals surface area contributed by atoms with Gasteiger partial charge in [0.2, 0.25) is 0 Å². The van der Waals surface area contributed by atoms with Crippen molar-refractivity contribution in [2.45, 2.75) is 58.8 Å². The van der Waals surface area contributed by atoms with Gasteiger partial charge in [0.1, 0.15) is 11.3 Å². The summed E-state index contributed by atoms with van der Waals surface area (Å²) in [5, 5.41) is 12.1. The summed E-state index contributed by atoms with van der Waals surface area (Å²) >= 11 is 0. The van der Waals surface area contributed by atoms with Crippen LogP contribution in [0, 0.1) is 0 Å². The number of hydrogen-bond acceptors (Lipinski definition) is 3. The Hall–Kier alpha value is -0.770. The summed E-state index contributed by atoms with van der Waals surface area (Å²) in [5.41, 5.74) is -1.72. The van der Waals surface area contributed by atoms with E-state index in [0.717, 1.165) is 6.42 Å². The lowest BCUT2D eigenvalue weighted by molar-refractivity contribution is -0.00748. The highest BCUT2D eigenvalue weighted by molar-refractivity contribution is 5.68. The van der Waals surface area contributed by atoms with Gasteiger partial charge in [-0.25, -0.2) is 4.79 Å². The lowest BCUT2D eigenvalue weighted by atomic mass is 10.1. The molecule has 14 heavy (non-hydrogen) atoms. The van der Waals surface area contributed by atoms with Crippen LogP contribution in [0.3, 0.4) is 0 Å². The first kappa shape index (κ1) is 13.2. The Bertz CT molecular complexity index is 194. The first-order chi connectivity index (χ1) is 6.16. The molecule has 0 aliphatic heterocycles. The molecule has 2 N–H and O–H groups in total. The van der Waals surface area contributed by atoms with Gasteiger partial charge in [-0.2, -0.15) is 0 Å². The molecule has 1 amide bonds. The average molecular weight is 203 g/mol. The second kappa shape index (κ2) is 4.64. The summed E-state index contributed by atoms with van der Waals surface area (Å²) in [7, 11) is 0. The van der Waals surface area contributed by atoms with Crippen molar-refractivity contribution >= 4 is 6.09 Å². The van der Waals surface area contributed by atoms with Gasteiger partial charge in [-0.05, 0) is 34.1 Å². The molecule has 4 heteroatoms. The van der Waals surface area contributed by atoms with E-state index < -0.39 is 17.4 Å². The lowest BCUT2D eigenvalue weighted by Gasteiger charge is -2.27. The minimum atomic E-state index is -1.18. The van der Waals surface area contributed by atoms with Crippen molar-refractivity contribution in [3.8, 4) is 0 Å². The Balaban J connectivity index is 4.06. The van der Waals surface area contributed by atoms with Crippen LogP contribution in [-0.2, 0) is 4.74 Å². The molecule has 0 radical (unpaired) electrons. The molecule has 0 aliphatic rings. The van der Waals surface area contributed by atoms with Crippen LogP contribution in [0.1, 0.15) is 47.5 Å². The fourth-order valence-corrected chi connectivity index (χ4v) is 1.07. The first-order valence-corrected chi connectivity index (χ1v) is 4.90. The van der Waals surface area contributed by atoms with Gasteiger partial charge >= 0.3 is 6.09 Å². The number of alkyl carbamates (subject to hydrolysis) is 1. The third kappa shape index (κ3) is 6.71. The van der Waals surface area contributed by atoms with Crippen molar-refractivity contribution in [3.63, 3.8) is 0 Å². The van der Waals surface area contributed by atoms with Crippen molar-refractivity contribution < 1.29 is 14.6 Å². The number of carbonyl (C=O) groups is 1. The van der Waals surface area contributed by atoms with Crippen LogP contribution in [0.5, 0.6) is 0 Å². The molecule has 1 unspecified atom stereocenters. The van der Waals surface area contributed by atoms with Gasteiger partial charge < -0.3 is 9.84 Å². The van der Waals surface area contributed by atoms with Crippen LogP contribution in [0.25, 0.3) is 0 Å². The number of rotatable bonds is 3. The van der Waals surface area contributed by atoms with Crippen molar-refractivity contribution in [1.82, 2.24) is 5.32 Å². The number of ether oxygens (including phenoxy) is 1. The molecule has 0 aromatic heterocycles. The summed E-state index contributed by atoms with van der Waals surface area (Å²) in [4.78, 5) is 11.3. The summed E-state index contributed by atoms with van der Waals surface area (Å²) < 4.78 is 5.01. The maximum Gasteiger partial charge on any atom is 0.409 e. The van der Waals surface area contributed by atoms with Crippen molar-refractivity contribution in [3.05, 3.63) is 0 Å². The highest BCUT2D eigenvalue weighted by Gasteiger charge is 2.25. The second-order valence-electron chi connectivity index (χ2n) is 4.65. The molecule has 0 saturated heterocycles. The predicted molar refractivity (Wildman–Crippen MR) is 54.9 cm³/mol. The molecule has 0 rings (SSSR count). The molecule has 0 bridgehead atoms. The summed E-state index contributed by atoms with van der Waals surface area (Å²) in [6.07, 6.45) is 0.714. The molecule has 0 spiro atoms. The molecule has 0 fully saturated rings. The van der Waals surface area contributed by atoms with E-state index in [1.165, 1.54) is 0 Å². The Labute approximate surface area is 85.6 Å². The standard InChI is InChI=1S/C10H21NO3/c1-6-7-10(5,13)11-8(12)14-9(2,3)4/h13H,6-7H2,1-5H3,(H,11,12). The average Bonchev–Trinajstić information content (AvgIpc) is 1.78. The zero-order valence-corrected chi connectivity index (χ0v) is 9.68. The van der Waals surface area contributed by atoms with Gasteiger partial charge in [0.25, 0.3) is 0 Å². The quantitative estimate of drug-likeness (QED) is 0.690. The molecule has 1 atom stereocenters. The van der Waals surface area contributed by atoms with Gasteiger partial charge in [-0.1, -0.05) is 13.3 Å². The zero-order chi connectivity index (χ0) is 11.4. The maximum atomic E-state index is 11.3. The van der Waals surface area contributed by atoms with Gasteiger partial charge in [0, 0.05) is 0 Å². The predicted octanol–water partition coefficient (Wildman–Crippen LogP) is 2.02. The SMILES string of the molecule is CCCC(C)(O)NC(=O)OC(C)(C)C.